The van der Waals surface area contributed by atoms with Crippen molar-refractivity contribution in [3.63, 3.8) is 0 Å². The molecule has 0 saturated carbocycles. The Kier molecular flexibility index (Phi) is 5.78. The normalized spacial score (nSPS) is 16.5. The van der Waals surface area contributed by atoms with E-state index in [1.54, 1.807) is 18.4 Å². The van der Waals surface area contributed by atoms with Gasteiger partial charge >= 0.3 is 0 Å². The lowest BCUT2D eigenvalue weighted by Gasteiger charge is -2.20. The Balaban J connectivity index is 2.51. The van der Waals surface area contributed by atoms with E-state index in [0.717, 1.165) is 6.42 Å². The second-order valence-corrected chi connectivity index (χ2v) is 5.93. The Morgan fingerprint density at radius 3 is 2.59 bits per heavy atom. The van der Waals surface area contributed by atoms with Crippen LogP contribution in [0.2, 0.25) is 0 Å². The van der Waals surface area contributed by atoms with Crippen LogP contribution in [0.1, 0.15) is 31.9 Å². The van der Waals surface area contributed by atoms with E-state index in [4.69, 9.17) is 0 Å². The SMILES string of the molecule is CC(CCS(C)=O)NC(C)c1ccccc1F. The fraction of sp³-hybridized carbons (Fsp3) is 0.538. The molecule has 0 spiro atoms. The van der Waals surface area contributed by atoms with Crippen molar-refractivity contribution in [1.82, 2.24) is 5.32 Å². The summed E-state index contributed by atoms with van der Waals surface area (Å²) in [5.74, 6) is 0.497. The van der Waals surface area contributed by atoms with Gasteiger partial charge in [-0.3, -0.25) is 4.21 Å². The van der Waals surface area contributed by atoms with Crippen LogP contribution in [-0.2, 0) is 10.8 Å². The highest BCUT2D eigenvalue weighted by molar-refractivity contribution is 7.84. The third-order valence-corrected chi connectivity index (χ3v) is 3.56. The highest BCUT2D eigenvalue weighted by atomic mass is 32.2. The molecule has 2 nitrogen and oxygen atoms in total. The van der Waals surface area contributed by atoms with Gasteiger partial charge in [0, 0.05) is 40.5 Å². The molecule has 0 aromatic heterocycles. The first kappa shape index (κ1) is 14.3. The molecular weight excluding hydrogens is 237 g/mol. The lowest BCUT2D eigenvalue weighted by atomic mass is 10.1. The standard InChI is InChI=1S/C13H20FNOS/c1-10(8-9-17(3)16)15-11(2)12-6-4-5-7-13(12)14/h4-7,10-11,15H,8-9H2,1-3H3. The molecule has 3 atom stereocenters. The van der Waals surface area contributed by atoms with E-state index in [1.807, 2.05) is 19.9 Å². The van der Waals surface area contributed by atoms with E-state index in [1.165, 1.54) is 6.07 Å². The molecule has 0 aliphatic rings. The summed E-state index contributed by atoms with van der Waals surface area (Å²) in [7, 11) is -0.764. The molecular formula is C13H20FNOS. The minimum atomic E-state index is -0.764. The zero-order valence-corrected chi connectivity index (χ0v) is 11.4. The number of benzene rings is 1. The number of hydrogen-bond acceptors (Lipinski definition) is 2. The van der Waals surface area contributed by atoms with Crippen molar-refractivity contribution < 1.29 is 8.60 Å². The molecule has 4 heteroatoms. The quantitative estimate of drug-likeness (QED) is 0.849. The van der Waals surface area contributed by atoms with Crippen LogP contribution in [-0.4, -0.2) is 22.3 Å². The molecule has 3 unspecified atom stereocenters. The summed E-state index contributed by atoms with van der Waals surface area (Å²) >= 11 is 0. The lowest BCUT2D eigenvalue weighted by molar-refractivity contribution is 0.455. The van der Waals surface area contributed by atoms with Crippen molar-refractivity contribution in [2.75, 3.05) is 12.0 Å². The highest BCUT2D eigenvalue weighted by Gasteiger charge is 2.12. The maximum Gasteiger partial charge on any atom is 0.127 e. The maximum atomic E-state index is 13.5. The minimum Gasteiger partial charge on any atom is -0.308 e. The average Bonchev–Trinajstić information content (AvgIpc) is 2.26. The molecule has 0 radical (unpaired) electrons. The third kappa shape index (κ3) is 4.96. The lowest BCUT2D eigenvalue weighted by Crippen LogP contribution is -2.30. The largest absolute Gasteiger partial charge is 0.308 e. The molecule has 17 heavy (non-hydrogen) atoms. The summed E-state index contributed by atoms with van der Waals surface area (Å²) < 4.78 is 24.5. The van der Waals surface area contributed by atoms with Crippen molar-refractivity contribution in [2.45, 2.75) is 32.4 Å². The van der Waals surface area contributed by atoms with Crippen LogP contribution < -0.4 is 5.32 Å². The van der Waals surface area contributed by atoms with E-state index in [2.05, 4.69) is 5.32 Å². The van der Waals surface area contributed by atoms with Gasteiger partial charge in [0.05, 0.1) is 0 Å². The first-order chi connectivity index (χ1) is 8.00. The van der Waals surface area contributed by atoms with Gasteiger partial charge in [-0.1, -0.05) is 18.2 Å². The van der Waals surface area contributed by atoms with Gasteiger partial charge in [-0.05, 0) is 26.3 Å². The van der Waals surface area contributed by atoms with Gasteiger partial charge in [-0.2, -0.15) is 0 Å². The zero-order chi connectivity index (χ0) is 12.8. The van der Waals surface area contributed by atoms with E-state index in [0.29, 0.717) is 11.3 Å². The molecule has 0 saturated heterocycles. The van der Waals surface area contributed by atoms with Gasteiger partial charge in [0.2, 0.25) is 0 Å². The van der Waals surface area contributed by atoms with E-state index in [-0.39, 0.29) is 17.9 Å². The van der Waals surface area contributed by atoms with Gasteiger partial charge in [0.15, 0.2) is 0 Å². The molecule has 1 aromatic carbocycles. The summed E-state index contributed by atoms with van der Waals surface area (Å²) in [4.78, 5) is 0. The van der Waals surface area contributed by atoms with Gasteiger partial charge in [-0.25, -0.2) is 4.39 Å². The van der Waals surface area contributed by atoms with Crippen molar-refractivity contribution in [3.05, 3.63) is 35.6 Å². The van der Waals surface area contributed by atoms with Gasteiger partial charge in [-0.15, -0.1) is 0 Å². The summed E-state index contributed by atoms with van der Waals surface area (Å²) in [6.45, 7) is 3.97. The molecule has 0 fully saturated rings. The topological polar surface area (TPSA) is 29.1 Å². The van der Waals surface area contributed by atoms with Crippen LogP contribution in [0.5, 0.6) is 0 Å². The molecule has 1 N–H and O–H groups in total. The smallest absolute Gasteiger partial charge is 0.127 e. The Hall–Kier alpha value is -0.740. The van der Waals surface area contributed by atoms with Crippen LogP contribution in [0.15, 0.2) is 24.3 Å². The summed E-state index contributed by atoms with van der Waals surface area (Å²) in [5, 5.41) is 3.32. The molecule has 0 heterocycles. The number of rotatable bonds is 6. The maximum absolute atomic E-state index is 13.5. The molecule has 1 aromatic rings. The van der Waals surface area contributed by atoms with Gasteiger partial charge in [0.1, 0.15) is 5.82 Å². The first-order valence-electron chi connectivity index (χ1n) is 5.81. The Morgan fingerprint density at radius 2 is 2.00 bits per heavy atom. The molecule has 1 rings (SSSR count). The second kappa shape index (κ2) is 6.87. The summed E-state index contributed by atoms with van der Waals surface area (Å²) in [6.07, 6.45) is 2.54. The van der Waals surface area contributed by atoms with Gasteiger partial charge < -0.3 is 5.32 Å². The number of halogens is 1. The fourth-order valence-electron chi connectivity index (χ4n) is 1.77. The monoisotopic (exact) mass is 257 g/mol. The minimum absolute atomic E-state index is 0.0310. The molecule has 0 aliphatic carbocycles. The van der Waals surface area contributed by atoms with Crippen molar-refractivity contribution in [3.8, 4) is 0 Å². The Morgan fingerprint density at radius 1 is 1.35 bits per heavy atom. The average molecular weight is 257 g/mol. The summed E-state index contributed by atoms with van der Waals surface area (Å²) in [5.41, 5.74) is 0.678. The zero-order valence-electron chi connectivity index (χ0n) is 10.6. The number of hydrogen-bond donors (Lipinski definition) is 1. The molecule has 0 bridgehead atoms. The number of nitrogens with one attached hydrogen (secondary N) is 1. The van der Waals surface area contributed by atoms with Crippen molar-refractivity contribution in [1.29, 1.82) is 0 Å². The highest BCUT2D eigenvalue weighted by Crippen LogP contribution is 2.16. The second-order valence-electron chi connectivity index (χ2n) is 4.38. The third-order valence-electron chi connectivity index (χ3n) is 2.74. The first-order valence-corrected chi connectivity index (χ1v) is 7.54. The Bertz CT molecular complexity index is 383. The molecule has 0 amide bonds. The van der Waals surface area contributed by atoms with E-state index in [9.17, 15) is 8.60 Å². The van der Waals surface area contributed by atoms with Crippen LogP contribution in [0, 0.1) is 5.82 Å². The van der Waals surface area contributed by atoms with Crippen molar-refractivity contribution in [2.24, 2.45) is 0 Å². The molecule has 96 valence electrons. The van der Waals surface area contributed by atoms with Gasteiger partial charge in [0.25, 0.3) is 0 Å². The van der Waals surface area contributed by atoms with Crippen LogP contribution in [0.25, 0.3) is 0 Å². The predicted octanol–water partition coefficient (Wildman–Crippen LogP) is 2.63. The van der Waals surface area contributed by atoms with Crippen LogP contribution >= 0.6 is 0 Å². The van der Waals surface area contributed by atoms with E-state index < -0.39 is 10.8 Å². The fourth-order valence-corrected chi connectivity index (χ4v) is 2.45. The molecule has 0 aliphatic heterocycles. The van der Waals surface area contributed by atoms with Crippen LogP contribution in [0.3, 0.4) is 0 Å². The van der Waals surface area contributed by atoms with Crippen molar-refractivity contribution >= 4 is 10.8 Å². The van der Waals surface area contributed by atoms with E-state index >= 15 is 0 Å². The van der Waals surface area contributed by atoms with Crippen LogP contribution in [0.4, 0.5) is 4.39 Å². The predicted molar refractivity (Wildman–Crippen MR) is 71.0 cm³/mol. The summed E-state index contributed by atoms with van der Waals surface area (Å²) in [6, 6.07) is 6.99. The Labute approximate surface area is 105 Å².